The lowest BCUT2D eigenvalue weighted by molar-refractivity contribution is 0.794. The molecule has 1 aliphatic carbocycles. The molecule has 0 radical (unpaired) electrons. The van der Waals surface area contributed by atoms with Crippen molar-refractivity contribution >= 4 is 22.7 Å². The van der Waals surface area contributed by atoms with Crippen molar-refractivity contribution in [3.8, 4) is 0 Å². The largest absolute Gasteiger partial charge is 0.384 e. The first-order valence-corrected chi connectivity index (χ1v) is 8.27. The zero-order chi connectivity index (χ0) is 13.8. The van der Waals surface area contributed by atoms with Crippen molar-refractivity contribution in [1.82, 2.24) is 4.98 Å². The molecule has 0 saturated heterocycles. The molecule has 4 heteroatoms. The Labute approximate surface area is 124 Å². The van der Waals surface area contributed by atoms with Crippen LogP contribution in [0.3, 0.4) is 0 Å². The molecule has 0 unspecified atom stereocenters. The Morgan fingerprint density at radius 2 is 2.30 bits per heavy atom. The van der Waals surface area contributed by atoms with E-state index in [4.69, 9.17) is 0 Å². The van der Waals surface area contributed by atoms with Gasteiger partial charge in [-0.3, -0.25) is 4.98 Å². The Hall–Kier alpha value is -1.55. The van der Waals surface area contributed by atoms with Crippen LogP contribution in [0.1, 0.15) is 31.7 Å². The highest BCUT2D eigenvalue weighted by atomic mass is 32.1. The molecular formula is C16H21N3S. The van der Waals surface area contributed by atoms with Gasteiger partial charge in [-0.25, -0.2) is 0 Å². The Bertz CT molecular complexity index is 534. The van der Waals surface area contributed by atoms with Gasteiger partial charge >= 0.3 is 0 Å². The predicted molar refractivity (Wildman–Crippen MR) is 86.5 cm³/mol. The second-order valence-corrected chi connectivity index (χ2v) is 6.13. The second-order valence-electron chi connectivity index (χ2n) is 5.35. The minimum absolute atomic E-state index is 0.693. The van der Waals surface area contributed by atoms with Crippen molar-refractivity contribution < 1.29 is 0 Å². The fraction of sp³-hybridized carbons (Fsp3) is 0.438. The van der Waals surface area contributed by atoms with E-state index in [1.54, 1.807) is 11.3 Å². The van der Waals surface area contributed by atoms with Crippen molar-refractivity contribution in [3.05, 3.63) is 40.8 Å². The van der Waals surface area contributed by atoms with Crippen LogP contribution in [0.5, 0.6) is 0 Å². The number of aromatic nitrogens is 1. The lowest BCUT2D eigenvalue weighted by atomic mass is 10.2. The van der Waals surface area contributed by atoms with E-state index in [1.165, 1.54) is 24.1 Å². The molecule has 20 heavy (non-hydrogen) atoms. The van der Waals surface area contributed by atoms with E-state index in [0.29, 0.717) is 6.04 Å². The third-order valence-corrected chi connectivity index (χ3v) is 4.29. The average molecular weight is 287 g/mol. The molecule has 0 spiro atoms. The van der Waals surface area contributed by atoms with Crippen LogP contribution in [0, 0.1) is 0 Å². The maximum absolute atomic E-state index is 4.40. The monoisotopic (exact) mass is 287 g/mol. The van der Waals surface area contributed by atoms with Crippen molar-refractivity contribution in [1.29, 1.82) is 0 Å². The third kappa shape index (κ3) is 3.31. The van der Waals surface area contributed by atoms with Crippen LogP contribution in [-0.2, 0) is 6.54 Å². The molecule has 0 amide bonds. The van der Waals surface area contributed by atoms with Gasteiger partial charge in [0.1, 0.15) is 0 Å². The number of nitrogens with one attached hydrogen (secondary N) is 1. The maximum atomic E-state index is 4.40. The van der Waals surface area contributed by atoms with E-state index in [2.05, 4.69) is 45.0 Å². The minimum atomic E-state index is 0.693. The zero-order valence-electron chi connectivity index (χ0n) is 11.9. The van der Waals surface area contributed by atoms with Crippen molar-refractivity contribution in [3.63, 3.8) is 0 Å². The lowest BCUT2D eigenvalue weighted by Crippen LogP contribution is -2.25. The minimum Gasteiger partial charge on any atom is -0.384 e. The highest BCUT2D eigenvalue weighted by molar-refractivity contribution is 7.07. The summed E-state index contributed by atoms with van der Waals surface area (Å²) < 4.78 is 0. The van der Waals surface area contributed by atoms with Crippen LogP contribution < -0.4 is 10.2 Å². The molecule has 2 heterocycles. The molecule has 0 atom stereocenters. The molecule has 1 fully saturated rings. The van der Waals surface area contributed by atoms with Gasteiger partial charge in [0.05, 0.1) is 23.8 Å². The fourth-order valence-electron chi connectivity index (χ4n) is 2.35. The molecular weight excluding hydrogens is 266 g/mol. The van der Waals surface area contributed by atoms with E-state index < -0.39 is 0 Å². The molecule has 3 rings (SSSR count). The van der Waals surface area contributed by atoms with Crippen molar-refractivity contribution in [2.45, 2.75) is 38.8 Å². The summed E-state index contributed by atoms with van der Waals surface area (Å²) in [6.45, 7) is 4.17. The van der Waals surface area contributed by atoms with Gasteiger partial charge in [-0.1, -0.05) is 6.92 Å². The SMILES string of the molecule is CCCNc1cncc(N(Cc2ccsc2)C2CC2)c1. The number of pyridine rings is 1. The first-order valence-electron chi connectivity index (χ1n) is 7.33. The van der Waals surface area contributed by atoms with Crippen molar-refractivity contribution in [2.24, 2.45) is 0 Å². The number of anilines is 2. The Kier molecular flexibility index (Phi) is 4.21. The van der Waals surface area contributed by atoms with E-state index >= 15 is 0 Å². The molecule has 0 bridgehead atoms. The molecule has 1 aliphatic rings. The Balaban J connectivity index is 1.76. The fourth-order valence-corrected chi connectivity index (χ4v) is 3.01. The van der Waals surface area contributed by atoms with Crippen LogP contribution in [0.25, 0.3) is 0 Å². The number of hydrogen-bond donors (Lipinski definition) is 1. The molecule has 1 saturated carbocycles. The average Bonchev–Trinajstić information content (AvgIpc) is 3.19. The van der Waals surface area contributed by atoms with Gasteiger partial charge in [-0.2, -0.15) is 11.3 Å². The lowest BCUT2D eigenvalue weighted by Gasteiger charge is -2.24. The van der Waals surface area contributed by atoms with E-state index in [9.17, 15) is 0 Å². The summed E-state index contributed by atoms with van der Waals surface area (Å²) >= 11 is 1.77. The van der Waals surface area contributed by atoms with E-state index in [1.807, 2.05) is 12.4 Å². The van der Waals surface area contributed by atoms with Crippen LogP contribution in [0.2, 0.25) is 0 Å². The Morgan fingerprint density at radius 3 is 3.00 bits per heavy atom. The van der Waals surface area contributed by atoms with Gasteiger partial charge in [0.2, 0.25) is 0 Å². The number of nitrogens with zero attached hydrogens (tertiary/aromatic N) is 2. The molecule has 1 N–H and O–H groups in total. The van der Waals surface area contributed by atoms with Crippen LogP contribution in [-0.4, -0.2) is 17.6 Å². The predicted octanol–water partition coefficient (Wildman–Crippen LogP) is 4.13. The summed E-state index contributed by atoms with van der Waals surface area (Å²) in [5.41, 5.74) is 3.76. The van der Waals surface area contributed by atoms with Gasteiger partial charge in [0, 0.05) is 19.1 Å². The molecule has 3 nitrogen and oxygen atoms in total. The standard InChI is InChI=1S/C16H21N3S/c1-2-6-18-14-8-16(10-17-9-14)19(15-3-4-15)11-13-5-7-20-12-13/h5,7-10,12,15,18H,2-4,6,11H2,1H3. The Morgan fingerprint density at radius 1 is 1.40 bits per heavy atom. The summed E-state index contributed by atoms with van der Waals surface area (Å²) in [5, 5.41) is 7.81. The number of rotatable bonds is 7. The van der Waals surface area contributed by atoms with Crippen LogP contribution in [0.4, 0.5) is 11.4 Å². The first-order chi connectivity index (χ1) is 9.86. The summed E-state index contributed by atoms with van der Waals surface area (Å²) in [7, 11) is 0. The summed E-state index contributed by atoms with van der Waals surface area (Å²) in [6.07, 6.45) is 7.63. The molecule has 2 aromatic heterocycles. The molecule has 0 aliphatic heterocycles. The number of thiophene rings is 1. The summed E-state index contributed by atoms with van der Waals surface area (Å²) in [5.74, 6) is 0. The first kappa shape index (κ1) is 13.4. The van der Waals surface area contributed by atoms with E-state index in [-0.39, 0.29) is 0 Å². The highest BCUT2D eigenvalue weighted by Crippen LogP contribution is 2.33. The van der Waals surface area contributed by atoms with Gasteiger partial charge in [0.15, 0.2) is 0 Å². The topological polar surface area (TPSA) is 28.2 Å². The highest BCUT2D eigenvalue weighted by Gasteiger charge is 2.29. The smallest absolute Gasteiger partial charge is 0.0579 e. The van der Waals surface area contributed by atoms with Gasteiger partial charge in [-0.15, -0.1) is 0 Å². The quantitative estimate of drug-likeness (QED) is 0.829. The maximum Gasteiger partial charge on any atom is 0.0579 e. The molecule has 106 valence electrons. The zero-order valence-corrected chi connectivity index (χ0v) is 12.7. The molecule has 0 aromatic carbocycles. The number of hydrogen-bond acceptors (Lipinski definition) is 4. The van der Waals surface area contributed by atoms with Gasteiger partial charge in [0.25, 0.3) is 0 Å². The summed E-state index contributed by atoms with van der Waals surface area (Å²) in [6, 6.07) is 5.14. The van der Waals surface area contributed by atoms with Gasteiger partial charge in [-0.05, 0) is 47.7 Å². The third-order valence-electron chi connectivity index (χ3n) is 3.56. The normalized spacial score (nSPS) is 14.2. The summed E-state index contributed by atoms with van der Waals surface area (Å²) in [4.78, 5) is 6.89. The van der Waals surface area contributed by atoms with Crippen molar-refractivity contribution in [2.75, 3.05) is 16.8 Å². The van der Waals surface area contributed by atoms with Gasteiger partial charge < -0.3 is 10.2 Å². The van der Waals surface area contributed by atoms with E-state index in [0.717, 1.165) is 25.2 Å². The van der Waals surface area contributed by atoms with Crippen LogP contribution >= 0.6 is 11.3 Å². The second kappa shape index (κ2) is 6.27. The van der Waals surface area contributed by atoms with Crippen LogP contribution in [0.15, 0.2) is 35.3 Å². The molecule has 2 aromatic rings.